The first-order valence-corrected chi connectivity index (χ1v) is 5.29. The number of hydrogen-bond acceptors (Lipinski definition) is 3. The number of nitrogens with two attached hydrogens (primary N) is 1. The highest BCUT2D eigenvalue weighted by Gasteiger charge is 2.15. The number of amides is 1. The monoisotopic (exact) mass is 272 g/mol. The van der Waals surface area contributed by atoms with Gasteiger partial charge in [0, 0.05) is 11.0 Å². The quantitative estimate of drug-likeness (QED) is 0.770. The maximum absolute atomic E-state index is 11.6. The van der Waals surface area contributed by atoms with E-state index in [-0.39, 0.29) is 11.6 Å². The lowest BCUT2D eigenvalue weighted by molar-refractivity contribution is 0.0953. The Morgan fingerprint density at radius 1 is 1.73 bits per heavy atom. The summed E-state index contributed by atoms with van der Waals surface area (Å²) in [5, 5.41) is 9.21. The van der Waals surface area contributed by atoms with Crippen molar-refractivity contribution < 1.29 is 4.79 Å². The van der Waals surface area contributed by atoms with Gasteiger partial charge >= 0.3 is 0 Å². The summed E-state index contributed by atoms with van der Waals surface area (Å²) >= 11 is 3.14. The van der Waals surface area contributed by atoms with Gasteiger partial charge in [0.25, 0.3) is 5.91 Å². The molecule has 0 aliphatic heterocycles. The van der Waals surface area contributed by atoms with E-state index in [0.717, 1.165) is 12.1 Å². The van der Waals surface area contributed by atoms with E-state index in [2.05, 4.69) is 38.0 Å². The predicted molar refractivity (Wildman–Crippen MR) is 62.8 cm³/mol. The molecule has 1 aromatic heterocycles. The number of rotatable bonds is 4. The molecule has 0 aromatic carbocycles. The minimum absolute atomic E-state index is 0.237. The fourth-order valence-electron chi connectivity index (χ4n) is 1.09. The summed E-state index contributed by atoms with van der Waals surface area (Å²) in [6.07, 6.45) is 0.720. The molecule has 1 aromatic rings. The molecule has 5 nitrogen and oxygen atoms in total. The van der Waals surface area contributed by atoms with E-state index in [1.54, 1.807) is 0 Å². The van der Waals surface area contributed by atoms with Crippen molar-refractivity contribution in [2.75, 3.05) is 12.3 Å². The van der Waals surface area contributed by atoms with Crippen LogP contribution in [0.3, 0.4) is 0 Å². The Morgan fingerprint density at radius 2 is 2.40 bits per heavy atom. The Kier molecular flexibility index (Phi) is 3.90. The van der Waals surface area contributed by atoms with Crippen LogP contribution >= 0.6 is 15.9 Å². The molecule has 0 aliphatic rings. The summed E-state index contributed by atoms with van der Waals surface area (Å²) in [6, 6.07) is 0. The number of nitrogens with one attached hydrogen (secondary N) is 2. The lowest BCUT2D eigenvalue weighted by atomic mass is 10.2. The van der Waals surface area contributed by atoms with Crippen molar-refractivity contribution >= 4 is 27.5 Å². The molecule has 0 atom stereocenters. The van der Waals surface area contributed by atoms with Crippen LogP contribution in [0.4, 0.5) is 5.69 Å². The largest absolute Gasteiger partial charge is 0.395 e. The summed E-state index contributed by atoms with van der Waals surface area (Å²) in [4.78, 5) is 11.6. The van der Waals surface area contributed by atoms with Crippen molar-refractivity contribution in [1.82, 2.24) is 15.5 Å². The minimum Gasteiger partial charge on any atom is -0.395 e. The normalized spacial score (nSPS) is 10.0. The zero-order valence-electron chi connectivity index (χ0n) is 8.43. The van der Waals surface area contributed by atoms with Crippen LogP contribution in [-0.4, -0.2) is 22.6 Å². The van der Waals surface area contributed by atoms with Crippen molar-refractivity contribution in [3.8, 4) is 0 Å². The van der Waals surface area contributed by atoms with Gasteiger partial charge in [-0.3, -0.25) is 9.89 Å². The third-order valence-corrected chi connectivity index (χ3v) is 2.17. The molecule has 0 fully saturated rings. The molecule has 4 N–H and O–H groups in total. The van der Waals surface area contributed by atoms with Crippen molar-refractivity contribution in [1.29, 1.82) is 0 Å². The summed E-state index contributed by atoms with van der Waals surface area (Å²) in [5.74, 6) is -0.302. The van der Waals surface area contributed by atoms with Crippen LogP contribution in [0, 0.1) is 0 Å². The molecule has 15 heavy (non-hydrogen) atoms. The summed E-state index contributed by atoms with van der Waals surface area (Å²) in [5.41, 5.74) is 7.16. The Hall–Kier alpha value is -1.30. The first-order chi connectivity index (χ1) is 7.06. The van der Waals surface area contributed by atoms with E-state index in [1.165, 1.54) is 0 Å². The molecule has 0 bridgehead atoms. The summed E-state index contributed by atoms with van der Waals surface area (Å²) in [6.45, 7) is 5.90. The number of aromatic nitrogens is 2. The third kappa shape index (κ3) is 2.82. The lowest BCUT2D eigenvalue weighted by Gasteiger charge is -2.01. The number of carbonyl (C=O) groups is 1. The molecule has 1 heterocycles. The maximum Gasteiger partial charge on any atom is 0.274 e. The summed E-state index contributed by atoms with van der Waals surface area (Å²) < 4.78 is 0.695. The van der Waals surface area contributed by atoms with Crippen molar-refractivity contribution in [2.45, 2.75) is 13.3 Å². The second-order valence-corrected chi connectivity index (χ2v) is 4.14. The first kappa shape index (κ1) is 11.8. The Bertz CT molecular complexity index is 385. The number of carbonyl (C=O) groups excluding carboxylic acids is 1. The molecule has 82 valence electrons. The average Bonchev–Trinajstić information content (AvgIpc) is 2.56. The number of hydrogen-bond donors (Lipinski definition) is 3. The van der Waals surface area contributed by atoms with Gasteiger partial charge in [0.2, 0.25) is 0 Å². The number of aryl methyl sites for hydroxylation is 1. The molecule has 0 saturated carbocycles. The smallest absolute Gasteiger partial charge is 0.274 e. The Balaban J connectivity index is 2.74. The molecule has 0 saturated heterocycles. The van der Waals surface area contributed by atoms with Crippen LogP contribution in [0.5, 0.6) is 0 Å². The van der Waals surface area contributed by atoms with Gasteiger partial charge < -0.3 is 11.1 Å². The van der Waals surface area contributed by atoms with Gasteiger partial charge in [0.15, 0.2) is 5.69 Å². The van der Waals surface area contributed by atoms with Crippen molar-refractivity contribution in [3.05, 3.63) is 22.4 Å². The van der Waals surface area contributed by atoms with Gasteiger partial charge in [-0.05, 0) is 6.42 Å². The van der Waals surface area contributed by atoms with E-state index in [1.807, 2.05) is 6.92 Å². The van der Waals surface area contributed by atoms with Gasteiger partial charge in [-0.1, -0.05) is 29.4 Å². The van der Waals surface area contributed by atoms with Crippen molar-refractivity contribution in [2.24, 2.45) is 0 Å². The lowest BCUT2D eigenvalue weighted by Crippen LogP contribution is -2.25. The fourth-order valence-corrected chi connectivity index (χ4v) is 1.23. The molecule has 0 spiro atoms. The number of H-pyrrole nitrogens is 1. The van der Waals surface area contributed by atoms with E-state index in [0.29, 0.717) is 16.7 Å². The van der Waals surface area contributed by atoms with Gasteiger partial charge in [-0.15, -0.1) is 0 Å². The van der Waals surface area contributed by atoms with Crippen LogP contribution in [0.25, 0.3) is 0 Å². The Morgan fingerprint density at radius 3 is 2.87 bits per heavy atom. The molecule has 1 amide bonds. The Labute approximate surface area is 96.2 Å². The predicted octanol–water partition coefficient (Wildman–Crippen LogP) is 1.19. The standard InChI is InChI=1S/C9H13BrN4O/c1-3-6-7(11)8(14-13-6)9(15)12-4-5(2)10/h2-4,11H2,1H3,(H,12,15)(H,13,14). The molecule has 6 heteroatoms. The first-order valence-electron chi connectivity index (χ1n) is 4.50. The molecule has 1 rings (SSSR count). The SMILES string of the molecule is C=C(Br)CNC(=O)c1n[nH]c(CC)c1N. The molecule has 0 aliphatic carbocycles. The molecular weight excluding hydrogens is 260 g/mol. The van der Waals surface area contributed by atoms with Crippen LogP contribution < -0.4 is 11.1 Å². The number of aromatic amines is 1. The summed E-state index contributed by atoms with van der Waals surface area (Å²) in [7, 11) is 0. The maximum atomic E-state index is 11.6. The number of nitrogen functional groups attached to an aromatic ring is 1. The zero-order chi connectivity index (χ0) is 11.4. The van der Waals surface area contributed by atoms with E-state index >= 15 is 0 Å². The van der Waals surface area contributed by atoms with Crippen LogP contribution in [-0.2, 0) is 6.42 Å². The van der Waals surface area contributed by atoms with Crippen LogP contribution in [0.15, 0.2) is 11.1 Å². The van der Waals surface area contributed by atoms with E-state index < -0.39 is 0 Å². The van der Waals surface area contributed by atoms with Gasteiger partial charge in [0.05, 0.1) is 11.4 Å². The molecule has 0 radical (unpaired) electrons. The molecule has 0 unspecified atom stereocenters. The van der Waals surface area contributed by atoms with Gasteiger partial charge in [-0.2, -0.15) is 5.10 Å². The van der Waals surface area contributed by atoms with Gasteiger partial charge in [0.1, 0.15) is 0 Å². The van der Waals surface area contributed by atoms with Crippen molar-refractivity contribution in [3.63, 3.8) is 0 Å². The number of anilines is 1. The second-order valence-electron chi connectivity index (χ2n) is 3.02. The third-order valence-electron chi connectivity index (χ3n) is 1.89. The highest BCUT2D eigenvalue weighted by molar-refractivity contribution is 9.11. The number of nitrogens with zero attached hydrogens (tertiary/aromatic N) is 1. The van der Waals surface area contributed by atoms with E-state index in [9.17, 15) is 4.79 Å². The average molecular weight is 273 g/mol. The van der Waals surface area contributed by atoms with Crippen LogP contribution in [0.1, 0.15) is 23.1 Å². The second kappa shape index (κ2) is 4.97. The highest BCUT2D eigenvalue weighted by atomic mass is 79.9. The highest BCUT2D eigenvalue weighted by Crippen LogP contribution is 2.14. The van der Waals surface area contributed by atoms with Gasteiger partial charge in [-0.25, -0.2) is 0 Å². The number of halogens is 1. The molecular formula is C9H13BrN4O. The zero-order valence-corrected chi connectivity index (χ0v) is 10.0. The van der Waals surface area contributed by atoms with Crippen LogP contribution in [0.2, 0.25) is 0 Å². The fraction of sp³-hybridized carbons (Fsp3) is 0.333. The topological polar surface area (TPSA) is 83.8 Å². The van der Waals surface area contributed by atoms with E-state index in [4.69, 9.17) is 5.73 Å². The minimum atomic E-state index is -0.302.